The van der Waals surface area contributed by atoms with Gasteiger partial charge >= 0.3 is 0 Å². The van der Waals surface area contributed by atoms with E-state index in [4.69, 9.17) is 4.74 Å². The van der Waals surface area contributed by atoms with Crippen molar-refractivity contribution in [2.24, 2.45) is 0 Å². The highest BCUT2D eigenvalue weighted by molar-refractivity contribution is 5.88. The zero-order valence-corrected chi connectivity index (χ0v) is 14.9. The largest absolute Gasteiger partial charge is 0.548 e. The molecule has 0 aliphatic heterocycles. The minimum absolute atomic E-state index is 0.102. The van der Waals surface area contributed by atoms with Gasteiger partial charge in [-0.1, -0.05) is 42.5 Å². The maximum absolute atomic E-state index is 12.0. The van der Waals surface area contributed by atoms with Gasteiger partial charge in [-0.05, 0) is 29.7 Å². The Morgan fingerprint density at radius 1 is 0.963 bits per heavy atom. The Morgan fingerprint density at radius 2 is 1.63 bits per heavy atom. The van der Waals surface area contributed by atoms with Crippen LogP contribution < -0.4 is 20.5 Å². The van der Waals surface area contributed by atoms with Crippen molar-refractivity contribution in [3.63, 3.8) is 0 Å². The Labute approximate surface area is 157 Å². The number of nitrogens with one attached hydrogen (secondary N) is 2. The van der Waals surface area contributed by atoms with Crippen LogP contribution in [-0.4, -0.2) is 37.5 Å². The van der Waals surface area contributed by atoms with E-state index in [0.717, 1.165) is 11.1 Å². The third-order valence-electron chi connectivity index (χ3n) is 3.87. The molecule has 0 aliphatic rings. The average Bonchev–Trinajstić information content (AvgIpc) is 2.67. The number of amides is 2. The lowest BCUT2D eigenvalue weighted by molar-refractivity contribution is -0.308. The molecule has 0 bridgehead atoms. The number of carboxylic acid groups (broad SMARTS) is 1. The van der Waals surface area contributed by atoms with Crippen LogP contribution in [0.5, 0.6) is 5.75 Å². The van der Waals surface area contributed by atoms with Gasteiger partial charge < -0.3 is 25.3 Å². The van der Waals surface area contributed by atoms with Crippen molar-refractivity contribution in [1.29, 1.82) is 0 Å². The van der Waals surface area contributed by atoms with E-state index in [1.807, 2.05) is 6.07 Å². The van der Waals surface area contributed by atoms with Crippen molar-refractivity contribution in [2.75, 3.05) is 13.7 Å². The van der Waals surface area contributed by atoms with E-state index in [1.165, 1.54) is 0 Å². The standard InChI is InChI=1S/C20H22N2O5/c1-27-16-9-7-15(8-10-16)12-18(23)21-13-19(24)22-17(20(25)26)11-14-5-3-2-4-6-14/h2-10,17H,11-13H2,1H3,(H,21,23)(H,22,24)(H,25,26)/p-1/t17-/m0/s1. The first-order valence-corrected chi connectivity index (χ1v) is 8.41. The monoisotopic (exact) mass is 369 g/mol. The number of benzene rings is 2. The number of carbonyl (C=O) groups is 3. The Hall–Kier alpha value is -3.35. The van der Waals surface area contributed by atoms with Gasteiger partial charge in [0.15, 0.2) is 0 Å². The zero-order valence-electron chi connectivity index (χ0n) is 14.9. The first kappa shape index (κ1) is 20.0. The summed E-state index contributed by atoms with van der Waals surface area (Å²) in [6.07, 6.45) is 0.208. The molecule has 2 aromatic rings. The molecule has 1 atom stereocenters. The molecule has 0 aliphatic carbocycles. The summed E-state index contributed by atoms with van der Waals surface area (Å²) >= 11 is 0. The lowest BCUT2D eigenvalue weighted by Crippen LogP contribution is -2.51. The fourth-order valence-electron chi connectivity index (χ4n) is 2.46. The molecule has 7 heteroatoms. The number of aliphatic carboxylic acids is 1. The molecule has 2 amide bonds. The van der Waals surface area contributed by atoms with Gasteiger partial charge in [0.05, 0.1) is 32.1 Å². The number of ether oxygens (including phenoxy) is 1. The highest BCUT2D eigenvalue weighted by Crippen LogP contribution is 2.11. The third kappa shape index (κ3) is 6.81. The Kier molecular flexibility index (Phi) is 7.37. The van der Waals surface area contributed by atoms with E-state index in [1.54, 1.807) is 55.6 Å². The molecule has 0 radical (unpaired) electrons. The first-order valence-electron chi connectivity index (χ1n) is 8.41. The van der Waals surface area contributed by atoms with Crippen LogP contribution >= 0.6 is 0 Å². The minimum Gasteiger partial charge on any atom is -0.548 e. The predicted octanol–water partition coefficient (Wildman–Crippen LogP) is -0.169. The van der Waals surface area contributed by atoms with E-state index in [-0.39, 0.29) is 25.3 Å². The van der Waals surface area contributed by atoms with E-state index in [0.29, 0.717) is 5.75 Å². The maximum Gasteiger partial charge on any atom is 0.239 e. The second-order valence-electron chi connectivity index (χ2n) is 5.93. The summed E-state index contributed by atoms with van der Waals surface area (Å²) in [4.78, 5) is 35.1. The van der Waals surface area contributed by atoms with Gasteiger partial charge in [-0.25, -0.2) is 0 Å². The molecule has 0 saturated carbocycles. The molecular formula is C20H21N2O5-. The smallest absolute Gasteiger partial charge is 0.239 e. The van der Waals surface area contributed by atoms with Crippen LogP contribution in [0.25, 0.3) is 0 Å². The number of hydrogen-bond donors (Lipinski definition) is 2. The maximum atomic E-state index is 12.0. The van der Waals surface area contributed by atoms with Gasteiger partial charge in [-0.3, -0.25) is 9.59 Å². The molecule has 0 aromatic heterocycles. The molecule has 2 rings (SSSR count). The van der Waals surface area contributed by atoms with Crippen molar-refractivity contribution >= 4 is 17.8 Å². The lowest BCUT2D eigenvalue weighted by atomic mass is 10.1. The molecule has 142 valence electrons. The SMILES string of the molecule is COc1ccc(CC(=O)NCC(=O)N[C@@H](Cc2ccccc2)C(=O)[O-])cc1. The third-order valence-corrected chi connectivity index (χ3v) is 3.87. The fraction of sp³-hybridized carbons (Fsp3) is 0.250. The van der Waals surface area contributed by atoms with Crippen LogP contribution in [-0.2, 0) is 27.2 Å². The van der Waals surface area contributed by atoms with Gasteiger partial charge in [-0.15, -0.1) is 0 Å². The summed E-state index contributed by atoms with van der Waals surface area (Å²) in [7, 11) is 1.55. The van der Waals surface area contributed by atoms with Crippen LogP contribution in [0.2, 0.25) is 0 Å². The van der Waals surface area contributed by atoms with Crippen molar-refractivity contribution in [2.45, 2.75) is 18.9 Å². The van der Waals surface area contributed by atoms with Gasteiger partial charge in [-0.2, -0.15) is 0 Å². The molecule has 0 unspecified atom stereocenters. The van der Waals surface area contributed by atoms with Crippen LogP contribution in [0.15, 0.2) is 54.6 Å². The van der Waals surface area contributed by atoms with E-state index in [9.17, 15) is 19.5 Å². The summed E-state index contributed by atoms with van der Waals surface area (Å²) in [5.74, 6) is -1.63. The van der Waals surface area contributed by atoms with Crippen LogP contribution in [0.4, 0.5) is 0 Å². The molecular weight excluding hydrogens is 348 g/mol. The molecule has 27 heavy (non-hydrogen) atoms. The van der Waals surface area contributed by atoms with Crippen molar-refractivity contribution in [3.8, 4) is 5.75 Å². The molecule has 2 aromatic carbocycles. The van der Waals surface area contributed by atoms with Crippen LogP contribution in [0.3, 0.4) is 0 Å². The number of rotatable bonds is 9. The van der Waals surface area contributed by atoms with Crippen LogP contribution in [0, 0.1) is 0 Å². The van der Waals surface area contributed by atoms with E-state index in [2.05, 4.69) is 10.6 Å². The normalized spacial score (nSPS) is 11.3. The quantitative estimate of drug-likeness (QED) is 0.638. The second kappa shape index (κ2) is 9.96. The summed E-state index contributed by atoms with van der Waals surface area (Å²) < 4.78 is 5.05. The average molecular weight is 369 g/mol. The molecule has 2 N–H and O–H groups in total. The van der Waals surface area contributed by atoms with Gasteiger partial charge in [0.1, 0.15) is 5.75 Å². The highest BCUT2D eigenvalue weighted by Gasteiger charge is 2.15. The Balaban J connectivity index is 1.80. The Bertz CT molecular complexity index is 775. The zero-order chi connectivity index (χ0) is 19.6. The van der Waals surface area contributed by atoms with Gasteiger partial charge in [0.2, 0.25) is 11.8 Å². The molecule has 0 heterocycles. The molecule has 0 saturated heterocycles. The topological polar surface area (TPSA) is 108 Å². The van der Waals surface area contributed by atoms with Crippen LogP contribution in [0.1, 0.15) is 11.1 Å². The number of carboxylic acids is 1. The van der Waals surface area contributed by atoms with Crippen molar-refractivity contribution < 1.29 is 24.2 Å². The number of hydrogen-bond acceptors (Lipinski definition) is 5. The molecule has 7 nitrogen and oxygen atoms in total. The van der Waals surface area contributed by atoms with Crippen molar-refractivity contribution in [1.82, 2.24) is 10.6 Å². The summed E-state index contributed by atoms with van der Waals surface area (Å²) in [6.45, 7) is -0.312. The van der Waals surface area contributed by atoms with Gasteiger partial charge in [0, 0.05) is 0 Å². The fourth-order valence-corrected chi connectivity index (χ4v) is 2.46. The summed E-state index contributed by atoms with van der Waals surface area (Å²) in [5, 5.41) is 16.1. The molecule has 0 fully saturated rings. The summed E-state index contributed by atoms with van der Waals surface area (Å²) in [6, 6.07) is 14.7. The number of carbonyl (C=O) groups excluding carboxylic acids is 3. The number of methoxy groups -OCH3 is 1. The summed E-state index contributed by atoms with van der Waals surface area (Å²) in [5.41, 5.74) is 1.53. The van der Waals surface area contributed by atoms with E-state index >= 15 is 0 Å². The van der Waals surface area contributed by atoms with Gasteiger partial charge in [0.25, 0.3) is 0 Å². The Morgan fingerprint density at radius 3 is 2.22 bits per heavy atom. The second-order valence-corrected chi connectivity index (χ2v) is 5.93. The molecule has 0 spiro atoms. The first-order chi connectivity index (χ1) is 13.0. The lowest BCUT2D eigenvalue weighted by Gasteiger charge is -2.20. The van der Waals surface area contributed by atoms with Crippen molar-refractivity contribution in [3.05, 3.63) is 65.7 Å². The van der Waals surface area contributed by atoms with E-state index < -0.39 is 17.9 Å². The highest BCUT2D eigenvalue weighted by atomic mass is 16.5. The minimum atomic E-state index is -1.38. The predicted molar refractivity (Wildman–Crippen MR) is 96.8 cm³/mol.